The summed E-state index contributed by atoms with van der Waals surface area (Å²) in [5, 5.41) is 10.6. The SMILES string of the molecule is CCOC(=O)C[C@@H](C)[C@H](CC)[N+](=O)[O-]. The van der Waals surface area contributed by atoms with Gasteiger partial charge in [-0.25, -0.2) is 0 Å². The van der Waals surface area contributed by atoms with Crippen LogP contribution < -0.4 is 0 Å². The highest BCUT2D eigenvalue weighted by Gasteiger charge is 2.27. The highest BCUT2D eigenvalue weighted by Crippen LogP contribution is 2.14. The molecule has 0 aromatic rings. The summed E-state index contributed by atoms with van der Waals surface area (Å²) in [6.45, 7) is 5.48. The van der Waals surface area contributed by atoms with Gasteiger partial charge in [-0.05, 0) is 6.92 Å². The summed E-state index contributed by atoms with van der Waals surface area (Å²) in [4.78, 5) is 21.3. The van der Waals surface area contributed by atoms with Crippen LogP contribution in [0.15, 0.2) is 0 Å². The molecule has 0 fully saturated rings. The summed E-state index contributed by atoms with van der Waals surface area (Å²) in [7, 11) is 0. The third kappa shape index (κ3) is 4.20. The number of rotatable bonds is 6. The molecule has 82 valence electrons. The molecule has 14 heavy (non-hydrogen) atoms. The predicted molar refractivity (Wildman–Crippen MR) is 51.5 cm³/mol. The maximum atomic E-state index is 11.1. The van der Waals surface area contributed by atoms with E-state index in [1.807, 2.05) is 0 Å². The van der Waals surface area contributed by atoms with Gasteiger partial charge < -0.3 is 4.74 Å². The lowest BCUT2D eigenvalue weighted by molar-refractivity contribution is -0.531. The molecule has 0 saturated carbocycles. The highest BCUT2D eigenvalue weighted by molar-refractivity contribution is 5.69. The van der Waals surface area contributed by atoms with Crippen LogP contribution in [0.2, 0.25) is 0 Å². The highest BCUT2D eigenvalue weighted by atomic mass is 16.6. The first-order valence-corrected chi connectivity index (χ1v) is 4.82. The van der Waals surface area contributed by atoms with Crippen LogP contribution in [0.5, 0.6) is 0 Å². The van der Waals surface area contributed by atoms with Crippen LogP contribution in [0.3, 0.4) is 0 Å². The Morgan fingerprint density at radius 1 is 1.50 bits per heavy atom. The summed E-state index contributed by atoms with van der Waals surface area (Å²) in [6, 6.07) is -0.653. The van der Waals surface area contributed by atoms with Crippen LogP contribution in [0.4, 0.5) is 0 Å². The van der Waals surface area contributed by atoms with Crippen molar-refractivity contribution in [3.05, 3.63) is 10.1 Å². The van der Waals surface area contributed by atoms with Crippen LogP contribution in [0, 0.1) is 16.0 Å². The van der Waals surface area contributed by atoms with Crippen LogP contribution in [0.1, 0.15) is 33.6 Å². The van der Waals surface area contributed by atoms with Crippen molar-refractivity contribution in [3.8, 4) is 0 Å². The minimum absolute atomic E-state index is 0.118. The van der Waals surface area contributed by atoms with Crippen molar-refractivity contribution < 1.29 is 14.5 Å². The Bertz CT molecular complexity index is 205. The molecule has 0 N–H and O–H groups in total. The summed E-state index contributed by atoms with van der Waals surface area (Å²) in [5.74, 6) is -0.630. The average Bonchev–Trinajstić information content (AvgIpc) is 2.04. The zero-order valence-electron chi connectivity index (χ0n) is 8.86. The molecule has 0 spiro atoms. The van der Waals surface area contributed by atoms with Gasteiger partial charge in [0.2, 0.25) is 6.04 Å². The number of carbonyl (C=O) groups excluding carboxylic acids is 1. The van der Waals surface area contributed by atoms with Crippen LogP contribution in [-0.4, -0.2) is 23.5 Å². The second kappa shape index (κ2) is 6.34. The standard InChI is InChI=1S/C9H17NO4/c1-4-8(10(12)13)7(3)6-9(11)14-5-2/h7-8H,4-6H2,1-3H3/t7-,8+/m1/s1. The number of hydrogen-bond acceptors (Lipinski definition) is 4. The van der Waals surface area contributed by atoms with E-state index >= 15 is 0 Å². The fourth-order valence-electron chi connectivity index (χ4n) is 1.38. The van der Waals surface area contributed by atoms with E-state index in [0.717, 1.165) is 0 Å². The van der Waals surface area contributed by atoms with Gasteiger partial charge in [0.25, 0.3) is 0 Å². The number of esters is 1. The van der Waals surface area contributed by atoms with Gasteiger partial charge in [0.05, 0.1) is 13.0 Å². The third-order valence-corrected chi connectivity index (χ3v) is 2.14. The summed E-state index contributed by atoms with van der Waals surface area (Å²) in [6.07, 6.45) is 0.556. The van der Waals surface area contributed by atoms with Gasteiger partial charge in [0.1, 0.15) is 0 Å². The van der Waals surface area contributed by atoms with Crippen molar-refractivity contribution in [3.63, 3.8) is 0 Å². The Balaban J connectivity index is 4.10. The summed E-state index contributed by atoms with van der Waals surface area (Å²) < 4.78 is 4.73. The lowest BCUT2D eigenvalue weighted by Gasteiger charge is -2.14. The monoisotopic (exact) mass is 203 g/mol. The quantitative estimate of drug-likeness (QED) is 0.373. The van der Waals surface area contributed by atoms with Crippen LogP contribution >= 0.6 is 0 Å². The summed E-state index contributed by atoms with van der Waals surface area (Å²) >= 11 is 0. The predicted octanol–water partition coefficient (Wildman–Crippen LogP) is 1.63. The molecule has 0 rings (SSSR count). The number of ether oxygens (including phenoxy) is 1. The average molecular weight is 203 g/mol. The molecule has 0 aliphatic rings. The maximum absolute atomic E-state index is 11.1. The molecule has 0 aromatic carbocycles. The number of nitro groups is 1. The van der Waals surface area contributed by atoms with E-state index in [1.54, 1.807) is 20.8 Å². The molecule has 0 saturated heterocycles. The fourth-order valence-corrected chi connectivity index (χ4v) is 1.38. The molecule has 0 radical (unpaired) electrons. The van der Waals surface area contributed by atoms with Crippen molar-refractivity contribution in [1.82, 2.24) is 0 Å². The Morgan fingerprint density at radius 2 is 2.07 bits per heavy atom. The summed E-state index contributed by atoms with van der Waals surface area (Å²) in [5.41, 5.74) is 0. The molecule has 0 amide bonds. The molecular formula is C9H17NO4. The van der Waals surface area contributed by atoms with E-state index in [-0.39, 0.29) is 23.2 Å². The molecule has 0 bridgehead atoms. The molecule has 0 aromatic heterocycles. The molecular weight excluding hydrogens is 186 g/mol. The minimum atomic E-state index is -0.653. The minimum Gasteiger partial charge on any atom is -0.466 e. The Labute approximate surface area is 83.6 Å². The van der Waals surface area contributed by atoms with Gasteiger partial charge in [-0.15, -0.1) is 0 Å². The fraction of sp³-hybridized carbons (Fsp3) is 0.889. The van der Waals surface area contributed by atoms with Gasteiger partial charge in [-0.3, -0.25) is 14.9 Å². The first-order valence-electron chi connectivity index (χ1n) is 4.82. The van der Waals surface area contributed by atoms with Gasteiger partial charge in [0, 0.05) is 17.3 Å². The zero-order chi connectivity index (χ0) is 11.1. The molecule has 5 nitrogen and oxygen atoms in total. The van der Waals surface area contributed by atoms with Crippen molar-refractivity contribution in [2.75, 3.05) is 6.61 Å². The van der Waals surface area contributed by atoms with Crippen molar-refractivity contribution in [2.45, 2.75) is 39.7 Å². The molecule has 2 atom stereocenters. The Morgan fingerprint density at radius 3 is 2.43 bits per heavy atom. The second-order valence-corrected chi connectivity index (χ2v) is 3.25. The third-order valence-electron chi connectivity index (χ3n) is 2.14. The van der Waals surface area contributed by atoms with E-state index < -0.39 is 6.04 Å². The Kier molecular flexibility index (Phi) is 5.83. The van der Waals surface area contributed by atoms with E-state index in [2.05, 4.69) is 0 Å². The lowest BCUT2D eigenvalue weighted by atomic mass is 9.97. The van der Waals surface area contributed by atoms with Crippen molar-refractivity contribution >= 4 is 5.97 Å². The Hall–Kier alpha value is -1.13. The molecule has 0 unspecified atom stereocenters. The molecule has 0 aliphatic heterocycles. The van der Waals surface area contributed by atoms with Crippen LogP contribution in [-0.2, 0) is 9.53 Å². The molecule has 0 heterocycles. The molecule has 5 heteroatoms. The van der Waals surface area contributed by atoms with Gasteiger partial charge in [-0.2, -0.15) is 0 Å². The number of carbonyl (C=O) groups is 1. The molecule has 0 aliphatic carbocycles. The van der Waals surface area contributed by atoms with E-state index in [1.165, 1.54) is 0 Å². The van der Waals surface area contributed by atoms with E-state index in [0.29, 0.717) is 13.0 Å². The van der Waals surface area contributed by atoms with Crippen LogP contribution in [0.25, 0.3) is 0 Å². The first-order chi connectivity index (χ1) is 6.52. The topological polar surface area (TPSA) is 69.4 Å². The first kappa shape index (κ1) is 12.9. The van der Waals surface area contributed by atoms with Gasteiger partial charge in [-0.1, -0.05) is 13.8 Å². The van der Waals surface area contributed by atoms with Gasteiger partial charge >= 0.3 is 5.97 Å². The smallest absolute Gasteiger partial charge is 0.306 e. The van der Waals surface area contributed by atoms with Crippen molar-refractivity contribution in [2.24, 2.45) is 5.92 Å². The second-order valence-electron chi connectivity index (χ2n) is 3.25. The number of hydrogen-bond donors (Lipinski definition) is 0. The maximum Gasteiger partial charge on any atom is 0.306 e. The number of nitrogens with zero attached hydrogens (tertiary/aromatic N) is 1. The van der Waals surface area contributed by atoms with Crippen molar-refractivity contribution in [1.29, 1.82) is 0 Å². The van der Waals surface area contributed by atoms with Gasteiger partial charge in [0.15, 0.2) is 0 Å². The van der Waals surface area contributed by atoms with E-state index in [9.17, 15) is 14.9 Å². The zero-order valence-corrected chi connectivity index (χ0v) is 8.86. The van der Waals surface area contributed by atoms with E-state index in [4.69, 9.17) is 4.74 Å². The lowest BCUT2D eigenvalue weighted by Crippen LogP contribution is -2.28. The normalized spacial score (nSPS) is 14.5. The largest absolute Gasteiger partial charge is 0.466 e.